The summed E-state index contributed by atoms with van der Waals surface area (Å²) in [5, 5.41) is 6.39. The molecule has 0 bridgehead atoms. The molecule has 4 nitrogen and oxygen atoms in total. The van der Waals surface area contributed by atoms with E-state index < -0.39 is 5.76 Å². The number of rotatable bonds is 3. The lowest BCUT2D eigenvalue weighted by atomic mass is 9.78. The number of aromatic nitrogens is 2. The minimum atomic E-state index is -0.431. The molecule has 0 unspecified atom stereocenters. The van der Waals surface area contributed by atoms with Gasteiger partial charge in [0.25, 0.3) is 0 Å². The van der Waals surface area contributed by atoms with E-state index >= 15 is 0 Å². The van der Waals surface area contributed by atoms with E-state index in [2.05, 4.69) is 24.0 Å². The smallest absolute Gasteiger partial charge is 0.392 e. The van der Waals surface area contributed by atoms with Crippen LogP contribution in [0.5, 0.6) is 0 Å². The van der Waals surface area contributed by atoms with E-state index in [-0.39, 0.29) is 5.41 Å². The first-order valence-corrected chi connectivity index (χ1v) is 5.68. The molecule has 1 aliphatic carbocycles. The van der Waals surface area contributed by atoms with Crippen LogP contribution >= 0.6 is 0 Å². The van der Waals surface area contributed by atoms with E-state index in [0.717, 1.165) is 19.3 Å². The second kappa shape index (κ2) is 3.83. The van der Waals surface area contributed by atoms with Gasteiger partial charge in [-0.05, 0) is 25.2 Å². The Hall–Kier alpha value is -1.06. The maximum Gasteiger partial charge on any atom is 0.434 e. The van der Waals surface area contributed by atoms with Crippen molar-refractivity contribution >= 4 is 0 Å². The highest BCUT2D eigenvalue weighted by molar-refractivity contribution is 5.06. The number of hydrogen-bond donors (Lipinski definition) is 1. The number of hydrogen-bond acceptors (Lipinski definition) is 3. The number of aromatic amines is 1. The van der Waals surface area contributed by atoms with Crippen LogP contribution in [0.3, 0.4) is 0 Å². The molecular weight excluding hydrogens is 192 g/mol. The lowest BCUT2D eigenvalue weighted by Crippen LogP contribution is -2.25. The average Bonchev–Trinajstić information content (AvgIpc) is 2.73. The Bertz CT molecular complexity index is 372. The number of H-pyrrole nitrogens is 1. The van der Waals surface area contributed by atoms with Crippen LogP contribution in [0.1, 0.15) is 51.8 Å². The van der Waals surface area contributed by atoms with Crippen LogP contribution in [0.15, 0.2) is 9.21 Å². The molecule has 1 aromatic rings. The van der Waals surface area contributed by atoms with Crippen molar-refractivity contribution in [3.8, 4) is 0 Å². The zero-order valence-electron chi connectivity index (χ0n) is 9.38. The van der Waals surface area contributed by atoms with Crippen LogP contribution in [-0.2, 0) is 5.41 Å². The molecule has 0 aromatic carbocycles. The lowest BCUT2D eigenvalue weighted by molar-refractivity contribution is 0.268. The summed E-state index contributed by atoms with van der Waals surface area (Å²) in [6.45, 7) is 4.40. The molecule has 1 aliphatic rings. The molecule has 0 spiro atoms. The summed E-state index contributed by atoms with van der Waals surface area (Å²) >= 11 is 0. The van der Waals surface area contributed by atoms with E-state index in [9.17, 15) is 4.79 Å². The van der Waals surface area contributed by atoms with E-state index in [1.165, 1.54) is 12.8 Å². The Labute approximate surface area is 89.1 Å². The molecule has 15 heavy (non-hydrogen) atoms. The van der Waals surface area contributed by atoms with E-state index in [4.69, 9.17) is 4.42 Å². The van der Waals surface area contributed by atoms with Crippen molar-refractivity contribution in [2.45, 2.75) is 51.4 Å². The predicted molar refractivity (Wildman–Crippen MR) is 56.7 cm³/mol. The summed E-state index contributed by atoms with van der Waals surface area (Å²) in [4.78, 5) is 11.0. The van der Waals surface area contributed by atoms with Gasteiger partial charge in [0.1, 0.15) is 0 Å². The molecule has 1 N–H and O–H groups in total. The minimum absolute atomic E-state index is 0.0212. The van der Waals surface area contributed by atoms with Gasteiger partial charge in [-0.25, -0.2) is 9.89 Å². The van der Waals surface area contributed by atoms with Gasteiger partial charge in [0.2, 0.25) is 5.89 Å². The Kier molecular flexibility index (Phi) is 2.67. The highest BCUT2D eigenvalue weighted by atomic mass is 16.4. The molecule has 1 fully saturated rings. The third-order valence-electron chi connectivity index (χ3n) is 3.25. The second-order valence-corrected chi connectivity index (χ2v) is 5.00. The molecule has 0 radical (unpaired) electrons. The minimum Gasteiger partial charge on any atom is -0.392 e. The van der Waals surface area contributed by atoms with Gasteiger partial charge in [0, 0.05) is 5.41 Å². The van der Waals surface area contributed by atoms with Crippen LogP contribution in [0.25, 0.3) is 0 Å². The maximum absolute atomic E-state index is 11.0. The first-order valence-electron chi connectivity index (χ1n) is 5.68. The van der Waals surface area contributed by atoms with Gasteiger partial charge in [-0.1, -0.05) is 26.7 Å². The Morgan fingerprint density at radius 3 is 2.60 bits per heavy atom. The summed E-state index contributed by atoms with van der Waals surface area (Å²) < 4.78 is 5.15. The third-order valence-corrected chi connectivity index (χ3v) is 3.25. The second-order valence-electron chi connectivity index (χ2n) is 5.00. The SMILES string of the molecule is CC(C)CC1(c2n[nH]c(=O)o2)CCCC1. The van der Waals surface area contributed by atoms with Gasteiger partial charge in [0.05, 0.1) is 0 Å². The standard InChI is InChI=1S/C11H18N2O2/c1-8(2)7-11(5-3-4-6-11)9-12-13-10(14)15-9/h8H,3-7H2,1-2H3,(H,13,14). The van der Waals surface area contributed by atoms with Crippen molar-refractivity contribution in [2.24, 2.45) is 5.92 Å². The van der Waals surface area contributed by atoms with Crippen molar-refractivity contribution < 1.29 is 4.42 Å². The molecule has 1 saturated carbocycles. The van der Waals surface area contributed by atoms with Crippen LogP contribution in [0.2, 0.25) is 0 Å². The fourth-order valence-corrected chi connectivity index (χ4v) is 2.80. The maximum atomic E-state index is 11.0. The molecule has 0 atom stereocenters. The van der Waals surface area contributed by atoms with Gasteiger partial charge in [-0.3, -0.25) is 0 Å². The van der Waals surface area contributed by atoms with Crippen molar-refractivity contribution in [2.75, 3.05) is 0 Å². The van der Waals surface area contributed by atoms with E-state index in [1.54, 1.807) is 0 Å². The number of nitrogens with zero attached hydrogens (tertiary/aromatic N) is 1. The molecule has 84 valence electrons. The monoisotopic (exact) mass is 210 g/mol. The van der Waals surface area contributed by atoms with Gasteiger partial charge in [0.15, 0.2) is 0 Å². The molecule has 0 saturated heterocycles. The van der Waals surface area contributed by atoms with Crippen LogP contribution in [0.4, 0.5) is 0 Å². The highest BCUT2D eigenvalue weighted by Gasteiger charge is 2.40. The average molecular weight is 210 g/mol. The van der Waals surface area contributed by atoms with Crippen molar-refractivity contribution in [3.63, 3.8) is 0 Å². The van der Waals surface area contributed by atoms with Crippen LogP contribution in [0, 0.1) is 5.92 Å². The normalized spacial score (nSPS) is 19.9. The van der Waals surface area contributed by atoms with Crippen molar-refractivity contribution in [3.05, 3.63) is 16.4 Å². The van der Waals surface area contributed by atoms with Crippen molar-refractivity contribution in [1.29, 1.82) is 0 Å². The van der Waals surface area contributed by atoms with Crippen LogP contribution in [-0.4, -0.2) is 10.2 Å². The zero-order chi connectivity index (χ0) is 10.9. The van der Waals surface area contributed by atoms with E-state index in [1.807, 2.05) is 0 Å². The first kappa shape index (κ1) is 10.5. The van der Waals surface area contributed by atoms with Gasteiger partial charge >= 0.3 is 5.76 Å². The van der Waals surface area contributed by atoms with Gasteiger partial charge in [-0.2, -0.15) is 0 Å². The molecule has 4 heteroatoms. The first-order chi connectivity index (χ1) is 7.12. The fourth-order valence-electron chi connectivity index (χ4n) is 2.80. The quantitative estimate of drug-likeness (QED) is 0.832. The summed E-state index contributed by atoms with van der Waals surface area (Å²) in [7, 11) is 0. The summed E-state index contributed by atoms with van der Waals surface area (Å²) in [6.07, 6.45) is 5.67. The summed E-state index contributed by atoms with van der Waals surface area (Å²) in [5.41, 5.74) is 0.0212. The van der Waals surface area contributed by atoms with Gasteiger partial charge < -0.3 is 4.42 Å². The number of nitrogens with one attached hydrogen (secondary N) is 1. The molecule has 0 aliphatic heterocycles. The zero-order valence-corrected chi connectivity index (χ0v) is 9.38. The lowest BCUT2D eigenvalue weighted by Gasteiger charge is -2.26. The van der Waals surface area contributed by atoms with Crippen molar-refractivity contribution in [1.82, 2.24) is 10.2 Å². The predicted octanol–water partition coefficient (Wildman–Crippen LogP) is 2.22. The Balaban J connectivity index is 2.29. The molecule has 0 amide bonds. The molecule has 1 aromatic heterocycles. The molecule has 1 heterocycles. The van der Waals surface area contributed by atoms with Gasteiger partial charge in [-0.15, -0.1) is 5.10 Å². The molecular formula is C11H18N2O2. The summed E-state index contributed by atoms with van der Waals surface area (Å²) in [5.74, 6) is 0.795. The Morgan fingerprint density at radius 2 is 2.13 bits per heavy atom. The van der Waals surface area contributed by atoms with Crippen LogP contribution < -0.4 is 5.76 Å². The molecule has 2 rings (SSSR count). The highest BCUT2D eigenvalue weighted by Crippen LogP contribution is 2.44. The topological polar surface area (TPSA) is 58.9 Å². The van der Waals surface area contributed by atoms with E-state index in [0.29, 0.717) is 11.8 Å². The summed E-state index contributed by atoms with van der Waals surface area (Å²) in [6, 6.07) is 0. The third kappa shape index (κ3) is 1.98. The largest absolute Gasteiger partial charge is 0.434 e. The Morgan fingerprint density at radius 1 is 1.47 bits per heavy atom. The fraction of sp³-hybridized carbons (Fsp3) is 0.818.